The molecule has 3 rings (SSSR count). The second-order valence-electron chi connectivity index (χ2n) is 6.76. The fourth-order valence-electron chi connectivity index (χ4n) is 3.14. The van der Waals surface area contributed by atoms with Gasteiger partial charge in [0.1, 0.15) is 10.7 Å². The van der Waals surface area contributed by atoms with Crippen molar-refractivity contribution in [2.24, 2.45) is 0 Å². The number of hydrogen-bond acceptors (Lipinski definition) is 5. The van der Waals surface area contributed by atoms with Crippen LogP contribution >= 0.6 is 0 Å². The molecule has 1 aliphatic rings. The van der Waals surface area contributed by atoms with Crippen LogP contribution in [0.1, 0.15) is 23.7 Å². The third kappa shape index (κ3) is 5.04. The van der Waals surface area contributed by atoms with Gasteiger partial charge in [-0.05, 0) is 36.8 Å². The topological polar surface area (TPSA) is 90.5 Å². The van der Waals surface area contributed by atoms with Gasteiger partial charge in [-0.3, -0.25) is 9.52 Å². The lowest BCUT2D eigenvalue weighted by Crippen LogP contribution is -2.43. The van der Waals surface area contributed by atoms with Crippen molar-refractivity contribution in [1.29, 1.82) is 0 Å². The van der Waals surface area contributed by atoms with Gasteiger partial charge in [-0.1, -0.05) is 19.1 Å². The number of sulfonamides is 1. The highest BCUT2D eigenvalue weighted by Crippen LogP contribution is 2.30. The smallest absolute Gasteiger partial charge is 0.264 e. The number of amides is 1. The zero-order valence-electron chi connectivity index (χ0n) is 16.2. The number of benzene rings is 2. The van der Waals surface area contributed by atoms with Gasteiger partial charge in [-0.2, -0.15) is 0 Å². The molecule has 0 unspecified atom stereocenters. The number of rotatable bonds is 7. The number of piperazine rings is 1. The molecule has 29 heavy (non-hydrogen) atoms. The highest BCUT2D eigenvalue weighted by atomic mass is 32.2. The Bertz CT molecular complexity index is 975. The van der Waals surface area contributed by atoms with Gasteiger partial charge in [-0.15, -0.1) is 0 Å². The van der Waals surface area contributed by atoms with Crippen molar-refractivity contribution >= 4 is 27.3 Å². The van der Waals surface area contributed by atoms with E-state index in [4.69, 9.17) is 0 Å². The molecular formula is C20H25FN4O3S. The van der Waals surface area contributed by atoms with Crippen LogP contribution in [0.3, 0.4) is 0 Å². The van der Waals surface area contributed by atoms with Crippen LogP contribution in [0.15, 0.2) is 47.4 Å². The van der Waals surface area contributed by atoms with Gasteiger partial charge in [0.15, 0.2) is 0 Å². The van der Waals surface area contributed by atoms with E-state index in [1.54, 1.807) is 12.1 Å². The summed E-state index contributed by atoms with van der Waals surface area (Å²) in [5.74, 6) is -1.12. The van der Waals surface area contributed by atoms with E-state index in [0.29, 0.717) is 30.9 Å². The lowest BCUT2D eigenvalue weighted by atomic mass is 10.1. The van der Waals surface area contributed by atoms with Gasteiger partial charge in [-0.25, -0.2) is 12.8 Å². The lowest BCUT2D eigenvalue weighted by molar-refractivity contribution is 0.0953. The number of anilines is 2. The van der Waals surface area contributed by atoms with E-state index in [0.717, 1.165) is 25.6 Å². The summed E-state index contributed by atoms with van der Waals surface area (Å²) >= 11 is 0. The molecule has 7 nitrogen and oxygen atoms in total. The van der Waals surface area contributed by atoms with Crippen LogP contribution in [-0.2, 0) is 10.0 Å². The Kier molecular flexibility index (Phi) is 6.71. The summed E-state index contributed by atoms with van der Waals surface area (Å²) in [4.78, 5) is 14.0. The van der Waals surface area contributed by atoms with Crippen LogP contribution in [0.5, 0.6) is 0 Å². The van der Waals surface area contributed by atoms with Crippen molar-refractivity contribution in [3.63, 3.8) is 0 Å². The summed E-state index contributed by atoms with van der Waals surface area (Å²) in [5.41, 5.74) is 1.24. The number of carbonyl (C=O) groups excluding carboxylic acids is 1. The predicted molar refractivity (Wildman–Crippen MR) is 111 cm³/mol. The van der Waals surface area contributed by atoms with Crippen molar-refractivity contribution in [1.82, 2.24) is 10.6 Å². The van der Waals surface area contributed by atoms with E-state index >= 15 is 0 Å². The number of hydrogen-bond donors (Lipinski definition) is 3. The number of carbonyl (C=O) groups is 1. The van der Waals surface area contributed by atoms with Crippen LogP contribution in [0, 0.1) is 5.82 Å². The Labute approximate surface area is 170 Å². The van der Waals surface area contributed by atoms with Gasteiger partial charge in [0.2, 0.25) is 0 Å². The first-order chi connectivity index (χ1) is 13.9. The standard InChI is InChI=1S/C20H25FN4O3S/c1-2-9-23-20(26)15-7-8-18(25-12-10-22-11-13-25)17(14-15)24-29(27,28)19-6-4-3-5-16(19)21/h3-8,14,22,24H,2,9-13H2,1H3,(H,23,26). The zero-order valence-corrected chi connectivity index (χ0v) is 17.1. The monoisotopic (exact) mass is 420 g/mol. The maximum atomic E-state index is 14.1. The summed E-state index contributed by atoms with van der Waals surface area (Å²) in [7, 11) is -4.16. The molecule has 3 N–H and O–H groups in total. The van der Waals surface area contributed by atoms with Crippen LogP contribution in [0.4, 0.5) is 15.8 Å². The molecule has 1 amide bonds. The molecule has 1 fully saturated rings. The van der Waals surface area contributed by atoms with E-state index in [9.17, 15) is 17.6 Å². The third-order valence-corrected chi connectivity index (χ3v) is 6.02. The average Bonchev–Trinajstić information content (AvgIpc) is 2.72. The Morgan fingerprint density at radius 1 is 1.17 bits per heavy atom. The summed E-state index contributed by atoms with van der Waals surface area (Å²) in [6.45, 7) is 5.37. The summed E-state index contributed by atoms with van der Waals surface area (Å²) < 4.78 is 42.2. The fraction of sp³-hybridized carbons (Fsp3) is 0.350. The molecule has 9 heteroatoms. The average molecular weight is 421 g/mol. The Morgan fingerprint density at radius 3 is 2.59 bits per heavy atom. The van der Waals surface area contributed by atoms with Gasteiger partial charge in [0.05, 0.1) is 11.4 Å². The molecule has 1 aliphatic heterocycles. The molecule has 0 spiro atoms. The fourth-order valence-corrected chi connectivity index (χ4v) is 4.29. The highest BCUT2D eigenvalue weighted by Gasteiger charge is 2.23. The molecule has 1 saturated heterocycles. The van der Waals surface area contributed by atoms with Crippen LogP contribution < -0.4 is 20.3 Å². The largest absolute Gasteiger partial charge is 0.367 e. The maximum absolute atomic E-state index is 14.1. The second kappa shape index (κ2) is 9.23. The predicted octanol–water partition coefficient (Wildman–Crippen LogP) is 2.18. The Morgan fingerprint density at radius 2 is 1.90 bits per heavy atom. The second-order valence-corrected chi connectivity index (χ2v) is 8.41. The summed E-state index contributed by atoms with van der Waals surface area (Å²) in [6, 6.07) is 10.1. The van der Waals surface area contributed by atoms with Crippen molar-refractivity contribution in [3.05, 3.63) is 53.8 Å². The molecule has 2 aromatic carbocycles. The minimum atomic E-state index is -4.16. The third-order valence-electron chi connectivity index (χ3n) is 4.62. The van der Waals surface area contributed by atoms with Crippen LogP contribution in [0.2, 0.25) is 0 Å². The normalized spacial score (nSPS) is 14.5. The van der Waals surface area contributed by atoms with E-state index in [2.05, 4.69) is 15.4 Å². The minimum absolute atomic E-state index is 0.249. The first-order valence-electron chi connectivity index (χ1n) is 9.57. The van der Waals surface area contributed by atoms with E-state index in [-0.39, 0.29) is 11.6 Å². The van der Waals surface area contributed by atoms with Gasteiger partial charge in [0, 0.05) is 38.3 Å². The molecule has 0 radical (unpaired) electrons. The first kappa shape index (κ1) is 21.1. The van der Waals surface area contributed by atoms with Crippen molar-refractivity contribution in [2.75, 3.05) is 42.3 Å². The zero-order chi connectivity index (χ0) is 20.9. The maximum Gasteiger partial charge on any atom is 0.264 e. The number of nitrogens with one attached hydrogen (secondary N) is 3. The van der Waals surface area contributed by atoms with E-state index in [1.165, 1.54) is 24.3 Å². The molecule has 0 saturated carbocycles. The lowest BCUT2D eigenvalue weighted by Gasteiger charge is -2.31. The quantitative estimate of drug-likeness (QED) is 0.639. The first-order valence-corrected chi connectivity index (χ1v) is 11.1. The van der Waals surface area contributed by atoms with Crippen LogP contribution in [-0.4, -0.2) is 47.0 Å². The molecular weight excluding hydrogens is 395 g/mol. The number of nitrogens with zero attached hydrogens (tertiary/aromatic N) is 1. The molecule has 156 valence electrons. The summed E-state index contributed by atoms with van der Waals surface area (Å²) in [6.07, 6.45) is 0.789. The van der Waals surface area contributed by atoms with Crippen molar-refractivity contribution < 1.29 is 17.6 Å². The molecule has 0 bridgehead atoms. The van der Waals surface area contributed by atoms with Crippen molar-refractivity contribution in [3.8, 4) is 0 Å². The highest BCUT2D eigenvalue weighted by molar-refractivity contribution is 7.92. The molecule has 0 atom stereocenters. The Hall–Kier alpha value is -2.65. The van der Waals surface area contributed by atoms with Crippen molar-refractivity contribution in [2.45, 2.75) is 18.2 Å². The number of halogens is 1. The molecule has 0 aromatic heterocycles. The minimum Gasteiger partial charge on any atom is -0.367 e. The van der Waals surface area contributed by atoms with Gasteiger partial charge >= 0.3 is 0 Å². The van der Waals surface area contributed by atoms with Crippen LogP contribution in [0.25, 0.3) is 0 Å². The van der Waals surface area contributed by atoms with E-state index < -0.39 is 20.7 Å². The van der Waals surface area contributed by atoms with Gasteiger partial charge < -0.3 is 15.5 Å². The molecule has 1 heterocycles. The van der Waals surface area contributed by atoms with E-state index in [1.807, 2.05) is 11.8 Å². The molecule has 0 aliphatic carbocycles. The Balaban J connectivity index is 1.98. The molecule has 2 aromatic rings. The SMILES string of the molecule is CCCNC(=O)c1ccc(N2CCNCC2)c(NS(=O)(=O)c2ccccc2F)c1. The van der Waals surface area contributed by atoms with Gasteiger partial charge in [0.25, 0.3) is 15.9 Å². The summed E-state index contributed by atoms with van der Waals surface area (Å²) in [5, 5.41) is 6.02.